The molecule has 0 aliphatic carbocycles. The highest BCUT2D eigenvalue weighted by Gasteiger charge is 2.25. The number of nitrogens with zero attached hydrogens (tertiary/aromatic N) is 6. The Morgan fingerprint density at radius 2 is 2.25 bits per heavy atom. The Morgan fingerprint density at radius 1 is 1.33 bits per heavy atom. The zero-order chi connectivity index (χ0) is 16.5. The van der Waals surface area contributed by atoms with E-state index in [1.807, 2.05) is 4.68 Å². The van der Waals surface area contributed by atoms with Crippen LogP contribution in [0.4, 0.5) is 0 Å². The van der Waals surface area contributed by atoms with Crippen LogP contribution in [0.2, 0.25) is 5.02 Å². The molecule has 1 atom stereocenters. The lowest BCUT2D eigenvalue weighted by Crippen LogP contribution is -2.33. The van der Waals surface area contributed by atoms with Crippen molar-refractivity contribution in [3.05, 3.63) is 58.1 Å². The number of rotatable bonds is 4. The van der Waals surface area contributed by atoms with Crippen molar-refractivity contribution >= 4 is 17.2 Å². The average molecular weight is 345 g/mol. The molecule has 0 N–H and O–H groups in total. The third-order valence-electron chi connectivity index (χ3n) is 4.41. The number of aromatic nitrogens is 5. The summed E-state index contributed by atoms with van der Waals surface area (Å²) in [5.41, 5.74) is 1.30. The monoisotopic (exact) mass is 344 g/mol. The predicted octanol–water partition coefficient (Wildman–Crippen LogP) is 1.60. The van der Waals surface area contributed by atoms with Crippen LogP contribution < -0.4 is 5.56 Å². The molecular formula is C16H17ClN6O. The van der Waals surface area contributed by atoms with Gasteiger partial charge in [-0.15, -0.1) is 0 Å². The maximum atomic E-state index is 12.3. The number of pyridine rings is 1. The van der Waals surface area contributed by atoms with Crippen LogP contribution in [0.25, 0.3) is 5.65 Å². The molecule has 0 spiro atoms. The summed E-state index contributed by atoms with van der Waals surface area (Å²) >= 11 is 5.95. The van der Waals surface area contributed by atoms with Crippen molar-refractivity contribution in [3.8, 4) is 0 Å². The van der Waals surface area contributed by atoms with Crippen LogP contribution >= 0.6 is 11.6 Å². The molecule has 0 bridgehead atoms. The van der Waals surface area contributed by atoms with E-state index in [4.69, 9.17) is 11.6 Å². The second-order valence-electron chi connectivity index (χ2n) is 6.05. The summed E-state index contributed by atoms with van der Waals surface area (Å²) < 4.78 is 3.33. The van der Waals surface area contributed by atoms with E-state index in [1.165, 1.54) is 4.40 Å². The van der Waals surface area contributed by atoms with Gasteiger partial charge in [-0.2, -0.15) is 5.10 Å². The second kappa shape index (κ2) is 6.33. The molecule has 0 amide bonds. The normalized spacial score (nSPS) is 18.5. The summed E-state index contributed by atoms with van der Waals surface area (Å²) in [6.45, 7) is 2.47. The van der Waals surface area contributed by atoms with Crippen molar-refractivity contribution < 1.29 is 0 Å². The van der Waals surface area contributed by atoms with Gasteiger partial charge in [0.2, 0.25) is 0 Å². The van der Waals surface area contributed by atoms with E-state index < -0.39 is 0 Å². The number of hydrogen-bond donors (Lipinski definition) is 0. The summed E-state index contributed by atoms with van der Waals surface area (Å²) in [4.78, 5) is 23.2. The Kier molecular flexibility index (Phi) is 4.03. The molecule has 8 heteroatoms. The van der Waals surface area contributed by atoms with E-state index in [1.54, 1.807) is 37.1 Å². The predicted molar refractivity (Wildman–Crippen MR) is 89.9 cm³/mol. The fourth-order valence-corrected chi connectivity index (χ4v) is 3.43. The Labute approximate surface area is 143 Å². The third kappa shape index (κ3) is 3.05. The van der Waals surface area contributed by atoms with Gasteiger partial charge in [0.05, 0.1) is 17.3 Å². The van der Waals surface area contributed by atoms with Gasteiger partial charge in [-0.05, 0) is 31.5 Å². The SMILES string of the molecule is O=c1cc(CN2CCCC2Cn2cncn2)nc2ccc(Cl)cn12. The van der Waals surface area contributed by atoms with Gasteiger partial charge in [-0.3, -0.25) is 18.8 Å². The molecule has 1 fully saturated rings. The molecule has 124 valence electrons. The van der Waals surface area contributed by atoms with Crippen molar-refractivity contribution in [1.82, 2.24) is 29.0 Å². The van der Waals surface area contributed by atoms with Crippen LogP contribution in [-0.4, -0.2) is 41.6 Å². The molecule has 4 rings (SSSR count). The first-order valence-electron chi connectivity index (χ1n) is 7.93. The average Bonchev–Trinajstić information content (AvgIpc) is 3.21. The molecule has 3 aromatic heterocycles. The molecule has 7 nitrogen and oxygen atoms in total. The zero-order valence-electron chi connectivity index (χ0n) is 13.0. The van der Waals surface area contributed by atoms with Gasteiger partial charge in [0.1, 0.15) is 18.3 Å². The summed E-state index contributed by atoms with van der Waals surface area (Å²) in [7, 11) is 0. The maximum Gasteiger partial charge on any atom is 0.258 e. The minimum atomic E-state index is -0.107. The molecule has 0 aromatic carbocycles. The highest BCUT2D eigenvalue weighted by atomic mass is 35.5. The first-order valence-corrected chi connectivity index (χ1v) is 8.31. The molecule has 1 aliphatic heterocycles. The van der Waals surface area contributed by atoms with Crippen LogP contribution in [0.3, 0.4) is 0 Å². The Hall–Kier alpha value is -2.25. The Morgan fingerprint density at radius 3 is 3.08 bits per heavy atom. The van der Waals surface area contributed by atoms with E-state index in [-0.39, 0.29) is 5.56 Å². The summed E-state index contributed by atoms with van der Waals surface area (Å²) in [5, 5.41) is 4.70. The Bertz CT molecular complexity index is 907. The van der Waals surface area contributed by atoms with Crippen molar-refractivity contribution in [2.75, 3.05) is 6.54 Å². The molecular weight excluding hydrogens is 328 g/mol. The van der Waals surface area contributed by atoms with Gasteiger partial charge in [0, 0.05) is 24.8 Å². The number of hydrogen-bond acceptors (Lipinski definition) is 5. The molecule has 0 radical (unpaired) electrons. The molecule has 1 aliphatic rings. The quantitative estimate of drug-likeness (QED) is 0.719. The third-order valence-corrected chi connectivity index (χ3v) is 4.63. The van der Waals surface area contributed by atoms with Gasteiger partial charge in [-0.1, -0.05) is 11.6 Å². The van der Waals surface area contributed by atoms with E-state index in [0.717, 1.165) is 31.6 Å². The van der Waals surface area contributed by atoms with Crippen LogP contribution in [-0.2, 0) is 13.1 Å². The fraction of sp³-hybridized carbons (Fsp3) is 0.375. The second-order valence-corrected chi connectivity index (χ2v) is 6.48. The first-order chi connectivity index (χ1) is 11.7. The van der Waals surface area contributed by atoms with Gasteiger partial charge in [0.25, 0.3) is 5.56 Å². The lowest BCUT2D eigenvalue weighted by molar-refractivity contribution is 0.216. The largest absolute Gasteiger partial charge is 0.293 e. The summed E-state index contributed by atoms with van der Waals surface area (Å²) in [6.07, 6.45) is 7.14. The molecule has 1 saturated heterocycles. The topological polar surface area (TPSA) is 68.3 Å². The maximum absolute atomic E-state index is 12.3. The minimum Gasteiger partial charge on any atom is -0.293 e. The van der Waals surface area contributed by atoms with Crippen molar-refractivity contribution in [1.29, 1.82) is 0 Å². The molecule has 1 unspecified atom stereocenters. The molecule has 3 aromatic rings. The number of likely N-dealkylation sites (tertiary alicyclic amines) is 1. The van der Waals surface area contributed by atoms with Crippen LogP contribution in [0.5, 0.6) is 0 Å². The highest BCUT2D eigenvalue weighted by molar-refractivity contribution is 6.30. The van der Waals surface area contributed by atoms with Crippen LogP contribution in [0.15, 0.2) is 41.8 Å². The summed E-state index contributed by atoms with van der Waals surface area (Å²) in [5.74, 6) is 0. The fourth-order valence-electron chi connectivity index (χ4n) is 3.27. The van der Waals surface area contributed by atoms with E-state index >= 15 is 0 Å². The molecule has 0 saturated carbocycles. The first kappa shape index (κ1) is 15.3. The Balaban J connectivity index is 1.57. The van der Waals surface area contributed by atoms with E-state index in [9.17, 15) is 4.79 Å². The molecule has 4 heterocycles. The van der Waals surface area contributed by atoms with Crippen molar-refractivity contribution in [3.63, 3.8) is 0 Å². The van der Waals surface area contributed by atoms with Gasteiger partial charge in [0.15, 0.2) is 0 Å². The summed E-state index contributed by atoms with van der Waals surface area (Å²) in [6, 6.07) is 5.49. The highest BCUT2D eigenvalue weighted by Crippen LogP contribution is 2.20. The number of halogens is 1. The van der Waals surface area contributed by atoms with Crippen LogP contribution in [0, 0.1) is 0 Å². The lowest BCUT2D eigenvalue weighted by Gasteiger charge is -2.23. The zero-order valence-corrected chi connectivity index (χ0v) is 13.8. The van der Waals surface area contributed by atoms with Gasteiger partial charge >= 0.3 is 0 Å². The van der Waals surface area contributed by atoms with E-state index in [2.05, 4.69) is 20.0 Å². The van der Waals surface area contributed by atoms with Gasteiger partial charge in [-0.25, -0.2) is 9.97 Å². The smallest absolute Gasteiger partial charge is 0.258 e. The number of fused-ring (bicyclic) bond motifs is 1. The minimum absolute atomic E-state index is 0.107. The van der Waals surface area contributed by atoms with E-state index in [0.29, 0.717) is 23.3 Å². The standard InChI is InChI=1S/C16H17ClN6O/c17-12-3-4-15-20-13(6-16(24)23(15)7-12)8-21-5-1-2-14(21)9-22-11-18-10-19-22/h3-4,6-7,10-11,14H,1-2,5,8-9H2. The lowest BCUT2D eigenvalue weighted by atomic mass is 10.2. The van der Waals surface area contributed by atoms with Crippen molar-refractivity contribution in [2.45, 2.75) is 32.0 Å². The van der Waals surface area contributed by atoms with Crippen LogP contribution in [0.1, 0.15) is 18.5 Å². The molecule has 24 heavy (non-hydrogen) atoms. The van der Waals surface area contributed by atoms with Gasteiger partial charge < -0.3 is 0 Å². The van der Waals surface area contributed by atoms with Crippen molar-refractivity contribution in [2.24, 2.45) is 0 Å².